The molecular weight excluding hydrogens is 220 g/mol. The lowest BCUT2D eigenvalue weighted by atomic mass is 9.70. The highest BCUT2D eigenvalue weighted by Crippen LogP contribution is 2.40. The second-order valence-electron chi connectivity index (χ2n) is 5.66. The minimum absolute atomic E-state index is 0.113. The second-order valence-corrected chi connectivity index (χ2v) is 5.66. The van der Waals surface area contributed by atoms with Gasteiger partial charge >= 0.3 is 11.9 Å². The van der Waals surface area contributed by atoms with Crippen LogP contribution in [0.2, 0.25) is 0 Å². The Balaban J connectivity index is 5.13. The van der Waals surface area contributed by atoms with Crippen LogP contribution in [-0.2, 0) is 14.3 Å². The number of aliphatic carboxylic acids is 1. The van der Waals surface area contributed by atoms with E-state index < -0.39 is 11.4 Å². The van der Waals surface area contributed by atoms with E-state index in [1.807, 2.05) is 27.7 Å². The zero-order valence-electron chi connectivity index (χ0n) is 11.5. The molecule has 17 heavy (non-hydrogen) atoms. The maximum atomic E-state index is 12.0. The Labute approximate surface area is 103 Å². The molecule has 0 aliphatic rings. The zero-order valence-corrected chi connectivity index (χ0v) is 11.5. The van der Waals surface area contributed by atoms with Crippen LogP contribution in [0, 0.1) is 10.8 Å². The standard InChI is InChI=1S/C13H24O4/c1-6-13(8-10(14)15,9-12(3,4)5)11(16)17-7-2/h6-9H2,1-5H3,(H,14,15). The van der Waals surface area contributed by atoms with Gasteiger partial charge in [0.05, 0.1) is 18.4 Å². The average Bonchev–Trinajstić information content (AvgIpc) is 2.13. The van der Waals surface area contributed by atoms with Crippen molar-refractivity contribution in [3.05, 3.63) is 0 Å². The Hall–Kier alpha value is -1.06. The van der Waals surface area contributed by atoms with Crippen molar-refractivity contribution >= 4 is 11.9 Å². The van der Waals surface area contributed by atoms with Crippen molar-refractivity contribution in [2.45, 2.75) is 53.9 Å². The normalized spacial score (nSPS) is 15.1. The third kappa shape index (κ3) is 5.20. The van der Waals surface area contributed by atoms with Crippen LogP contribution in [0.1, 0.15) is 53.9 Å². The van der Waals surface area contributed by atoms with E-state index in [4.69, 9.17) is 9.84 Å². The van der Waals surface area contributed by atoms with Crippen molar-refractivity contribution in [1.29, 1.82) is 0 Å². The summed E-state index contributed by atoms with van der Waals surface area (Å²) in [4.78, 5) is 23.0. The Kier molecular flexibility index (Phi) is 5.66. The smallest absolute Gasteiger partial charge is 0.312 e. The van der Waals surface area contributed by atoms with Gasteiger partial charge in [0.2, 0.25) is 0 Å². The van der Waals surface area contributed by atoms with Crippen LogP contribution in [0.4, 0.5) is 0 Å². The molecule has 0 aromatic heterocycles. The summed E-state index contributed by atoms with van der Waals surface area (Å²) in [6.45, 7) is 9.85. The molecular formula is C13H24O4. The second kappa shape index (κ2) is 6.03. The highest BCUT2D eigenvalue weighted by Gasteiger charge is 2.43. The molecule has 100 valence electrons. The maximum Gasteiger partial charge on any atom is 0.312 e. The molecule has 0 heterocycles. The Morgan fingerprint density at radius 1 is 1.18 bits per heavy atom. The van der Waals surface area contributed by atoms with E-state index in [-0.39, 0.29) is 24.4 Å². The number of hydrogen-bond donors (Lipinski definition) is 1. The third-order valence-electron chi connectivity index (χ3n) is 2.74. The van der Waals surface area contributed by atoms with Gasteiger partial charge < -0.3 is 9.84 Å². The molecule has 0 fully saturated rings. The van der Waals surface area contributed by atoms with Crippen LogP contribution in [0.15, 0.2) is 0 Å². The first-order valence-electron chi connectivity index (χ1n) is 6.06. The molecule has 0 spiro atoms. The molecule has 1 N–H and O–H groups in total. The number of carbonyl (C=O) groups is 2. The summed E-state index contributed by atoms with van der Waals surface area (Å²) in [7, 11) is 0. The van der Waals surface area contributed by atoms with Crippen molar-refractivity contribution in [3.8, 4) is 0 Å². The molecule has 4 nitrogen and oxygen atoms in total. The number of carboxylic acids is 1. The molecule has 4 heteroatoms. The fraction of sp³-hybridized carbons (Fsp3) is 0.846. The highest BCUT2D eigenvalue weighted by molar-refractivity contribution is 5.82. The summed E-state index contributed by atoms with van der Waals surface area (Å²) in [5, 5.41) is 8.99. The van der Waals surface area contributed by atoms with Crippen molar-refractivity contribution < 1.29 is 19.4 Å². The molecule has 1 atom stereocenters. The van der Waals surface area contributed by atoms with E-state index in [1.165, 1.54) is 0 Å². The van der Waals surface area contributed by atoms with Crippen molar-refractivity contribution in [3.63, 3.8) is 0 Å². The maximum absolute atomic E-state index is 12.0. The monoisotopic (exact) mass is 244 g/mol. The first-order chi connectivity index (χ1) is 7.67. The molecule has 0 aromatic rings. The van der Waals surface area contributed by atoms with Gasteiger partial charge in [0.1, 0.15) is 0 Å². The minimum Gasteiger partial charge on any atom is -0.481 e. The average molecular weight is 244 g/mol. The summed E-state index contributed by atoms with van der Waals surface area (Å²) in [5.74, 6) is -1.34. The summed E-state index contributed by atoms with van der Waals surface area (Å²) >= 11 is 0. The number of rotatable bonds is 6. The number of carboxylic acid groups (broad SMARTS) is 1. The SMILES string of the molecule is CCOC(=O)C(CC)(CC(=O)O)CC(C)(C)C. The van der Waals surface area contributed by atoms with Crippen molar-refractivity contribution in [2.75, 3.05) is 6.61 Å². The fourth-order valence-corrected chi connectivity index (χ4v) is 2.19. The molecule has 0 rings (SSSR count). The van der Waals surface area contributed by atoms with Gasteiger partial charge in [-0.25, -0.2) is 0 Å². The van der Waals surface area contributed by atoms with E-state index in [2.05, 4.69) is 0 Å². The van der Waals surface area contributed by atoms with Crippen LogP contribution < -0.4 is 0 Å². The highest BCUT2D eigenvalue weighted by atomic mass is 16.5. The molecule has 0 saturated heterocycles. The lowest BCUT2D eigenvalue weighted by molar-refractivity contribution is -0.163. The molecule has 0 radical (unpaired) electrons. The third-order valence-corrected chi connectivity index (χ3v) is 2.74. The van der Waals surface area contributed by atoms with Gasteiger partial charge in [-0.1, -0.05) is 27.7 Å². The predicted octanol–water partition coefficient (Wildman–Crippen LogP) is 2.86. The van der Waals surface area contributed by atoms with E-state index in [0.29, 0.717) is 12.8 Å². The predicted molar refractivity (Wildman–Crippen MR) is 65.7 cm³/mol. The van der Waals surface area contributed by atoms with E-state index in [1.54, 1.807) is 6.92 Å². The molecule has 0 saturated carbocycles. The largest absolute Gasteiger partial charge is 0.481 e. The zero-order chi connectivity index (χ0) is 13.7. The van der Waals surface area contributed by atoms with E-state index in [0.717, 1.165) is 0 Å². The Bertz CT molecular complexity index is 278. The fourth-order valence-electron chi connectivity index (χ4n) is 2.19. The summed E-state index contributed by atoms with van der Waals surface area (Å²) in [5.41, 5.74) is -1.02. The first-order valence-corrected chi connectivity index (χ1v) is 6.06. The van der Waals surface area contributed by atoms with Crippen molar-refractivity contribution in [2.24, 2.45) is 10.8 Å². The van der Waals surface area contributed by atoms with Gasteiger partial charge in [0.25, 0.3) is 0 Å². The summed E-state index contributed by atoms with van der Waals surface area (Å²) in [6.07, 6.45) is 0.830. The molecule has 0 amide bonds. The Morgan fingerprint density at radius 3 is 2.00 bits per heavy atom. The molecule has 0 aliphatic heterocycles. The minimum atomic E-state index is -0.954. The number of esters is 1. The van der Waals surface area contributed by atoms with Gasteiger partial charge in [-0.15, -0.1) is 0 Å². The van der Waals surface area contributed by atoms with Crippen LogP contribution >= 0.6 is 0 Å². The van der Waals surface area contributed by atoms with E-state index >= 15 is 0 Å². The van der Waals surface area contributed by atoms with Gasteiger partial charge in [-0.3, -0.25) is 9.59 Å². The van der Waals surface area contributed by atoms with Gasteiger partial charge in [0.15, 0.2) is 0 Å². The van der Waals surface area contributed by atoms with Gasteiger partial charge in [0, 0.05) is 0 Å². The lowest BCUT2D eigenvalue weighted by Crippen LogP contribution is -2.38. The van der Waals surface area contributed by atoms with Crippen molar-refractivity contribution in [1.82, 2.24) is 0 Å². The topological polar surface area (TPSA) is 63.6 Å². The first kappa shape index (κ1) is 15.9. The van der Waals surface area contributed by atoms with Crippen LogP contribution in [0.25, 0.3) is 0 Å². The van der Waals surface area contributed by atoms with Crippen LogP contribution in [-0.4, -0.2) is 23.7 Å². The van der Waals surface area contributed by atoms with Crippen LogP contribution in [0.3, 0.4) is 0 Å². The summed E-state index contributed by atoms with van der Waals surface area (Å²) in [6, 6.07) is 0. The van der Waals surface area contributed by atoms with Gasteiger partial charge in [-0.2, -0.15) is 0 Å². The number of ether oxygens (including phenoxy) is 1. The quantitative estimate of drug-likeness (QED) is 0.730. The molecule has 0 aliphatic carbocycles. The van der Waals surface area contributed by atoms with E-state index in [9.17, 15) is 9.59 Å². The Morgan fingerprint density at radius 2 is 1.71 bits per heavy atom. The number of carbonyl (C=O) groups excluding carboxylic acids is 1. The summed E-state index contributed by atoms with van der Waals surface area (Å²) < 4.78 is 5.04. The lowest BCUT2D eigenvalue weighted by Gasteiger charge is -2.34. The van der Waals surface area contributed by atoms with Gasteiger partial charge in [-0.05, 0) is 25.2 Å². The molecule has 1 unspecified atom stereocenters. The molecule has 0 aromatic carbocycles. The number of hydrogen-bond acceptors (Lipinski definition) is 3. The van der Waals surface area contributed by atoms with Crippen LogP contribution in [0.5, 0.6) is 0 Å². The molecule has 0 bridgehead atoms.